The lowest BCUT2D eigenvalue weighted by molar-refractivity contribution is 0.349. The minimum Gasteiger partial charge on any atom is -0.322 e. The third-order valence-corrected chi connectivity index (χ3v) is 7.74. The normalized spacial score (nSPS) is 16.2. The topological polar surface area (TPSA) is 79.5 Å². The summed E-state index contributed by atoms with van der Waals surface area (Å²) in [7, 11) is -3.24. The molecule has 1 aromatic heterocycles. The molecule has 0 N–H and O–H groups in total. The van der Waals surface area contributed by atoms with Crippen molar-refractivity contribution < 1.29 is 12.9 Å². The second kappa shape index (κ2) is 8.58. The first kappa shape index (κ1) is 20.1. The Morgan fingerprint density at radius 3 is 2.52 bits per heavy atom. The molecule has 0 unspecified atom stereocenters. The number of hydrogen-bond acceptors (Lipinski definition) is 6. The Bertz CT molecular complexity index is 859. The van der Waals surface area contributed by atoms with Crippen LogP contribution in [-0.4, -0.2) is 54.3 Å². The zero-order valence-corrected chi connectivity index (χ0v) is 17.2. The lowest BCUT2D eigenvalue weighted by atomic mass is 10.1. The molecule has 9 heteroatoms. The molecule has 2 aromatic rings. The summed E-state index contributed by atoms with van der Waals surface area (Å²) in [5.74, 6) is 0.583. The van der Waals surface area contributed by atoms with Crippen molar-refractivity contribution in [1.29, 1.82) is 0 Å². The molecular weight excluding hydrogens is 388 g/mol. The molecule has 0 bridgehead atoms. The molecule has 27 heavy (non-hydrogen) atoms. The monoisotopic (exact) mass is 412 g/mol. The molecule has 2 heterocycles. The van der Waals surface area contributed by atoms with E-state index in [9.17, 15) is 8.42 Å². The fourth-order valence-electron chi connectivity index (χ4n) is 3.33. The number of rotatable bonds is 7. The zero-order valence-electron chi connectivity index (χ0n) is 15.6. The van der Waals surface area contributed by atoms with E-state index in [2.05, 4.69) is 10.1 Å². The number of nitrogens with zero attached hydrogens (tertiary/aromatic N) is 4. The van der Waals surface area contributed by atoms with Gasteiger partial charge in [-0.2, -0.15) is 9.29 Å². The summed E-state index contributed by atoms with van der Waals surface area (Å²) in [6.07, 6.45) is 1.80. The Hall–Kier alpha value is -1.64. The van der Waals surface area contributed by atoms with E-state index in [0.29, 0.717) is 62.3 Å². The van der Waals surface area contributed by atoms with Gasteiger partial charge in [0.1, 0.15) is 0 Å². The smallest absolute Gasteiger partial charge is 0.322 e. The van der Waals surface area contributed by atoms with Gasteiger partial charge in [0.25, 0.3) is 0 Å². The van der Waals surface area contributed by atoms with Gasteiger partial charge in [0.15, 0.2) is 5.82 Å². The van der Waals surface area contributed by atoms with E-state index in [4.69, 9.17) is 16.1 Å². The second-order valence-electron chi connectivity index (χ2n) is 6.67. The van der Waals surface area contributed by atoms with Gasteiger partial charge in [0, 0.05) is 37.6 Å². The molecule has 1 fully saturated rings. The first-order chi connectivity index (χ1) is 12.9. The minimum atomic E-state index is -3.24. The van der Waals surface area contributed by atoms with Gasteiger partial charge < -0.3 is 9.42 Å². The fraction of sp³-hybridized carbons (Fsp3) is 0.556. The van der Waals surface area contributed by atoms with E-state index >= 15 is 0 Å². The quantitative estimate of drug-likeness (QED) is 0.695. The lowest BCUT2D eigenvalue weighted by Crippen LogP contribution is -2.51. The molecule has 0 saturated carbocycles. The molecular formula is C18H25ClN4O3S. The van der Waals surface area contributed by atoms with Crippen LogP contribution in [0, 0.1) is 0 Å². The van der Waals surface area contributed by atoms with Crippen molar-refractivity contribution in [3.63, 3.8) is 0 Å². The number of benzene rings is 1. The molecule has 1 saturated heterocycles. The maximum atomic E-state index is 12.7. The van der Waals surface area contributed by atoms with Crippen LogP contribution in [0.1, 0.15) is 38.1 Å². The molecule has 0 amide bonds. The van der Waals surface area contributed by atoms with Crippen molar-refractivity contribution in [2.45, 2.75) is 38.4 Å². The highest BCUT2D eigenvalue weighted by atomic mass is 35.5. The van der Waals surface area contributed by atoms with E-state index in [-0.39, 0.29) is 5.25 Å². The lowest BCUT2D eigenvalue weighted by Gasteiger charge is -2.34. The Labute approximate surface area is 165 Å². The first-order valence-electron chi connectivity index (χ1n) is 9.25. The van der Waals surface area contributed by atoms with Crippen LogP contribution in [0.15, 0.2) is 28.8 Å². The number of piperazine rings is 1. The van der Waals surface area contributed by atoms with E-state index in [1.165, 1.54) is 0 Å². The van der Waals surface area contributed by atoms with Crippen molar-refractivity contribution in [3.8, 4) is 0 Å². The van der Waals surface area contributed by atoms with E-state index in [1.807, 2.05) is 43.0 Å². The molecule has 1 aliphatic heterocycles. The van der Waals surface area contributed by atoms with Crippen molar-refractivity contribution in [3.05, 3.63) is 40.7 Å². The Morgan fingerprint density at radius 2 is 1.89 bits per heavy atom. The Balaban J connectivity index is 1.61. The summed E-state index contributed by atoms with van der Waals surface area (Å²) in [6, 6.07) is 7.98. The third-order valence-electron chi connectivity index (χ3n) is 4.91. The van der Waals surface area contributed by atoms with Gasteiger partial charge in [-0.25, -0.2) is 8.42 Å². The van der Waals surface area contributed by atoms with Crippen LogP contribution in [0.25, 0.3) is 0 Å². The van der Waals surface area contributed by atoms with Crippen molar-refractivity contribution >= 4 is 27.6 Å². The largest absolute Gasteiger partial charge is 0.324 e. The van der Waals surface area contributed by atoms with Gasteiger partial charge in [-0.1, -0.05) is 42.7 Å². The molecule has 1 aromatic carbocycles. The van der Waals surface area contributed by atoms with Gasteiger partial charge in [-0.3, -0.25) is 0 Å². The molecule has 3 rings (SSSR count). The molecule has 148 valence electrons. The summed E-state index contributed by atoms with van der Waals surface area (Å²) in [5, 5.41) is 4.40. The van der Waals surface area contributed by atoms with Gasteiger partial charge in [0.05, 0.1) is 5.25 Å². The molecule has 7 nitrogen and oxygen atoms in total. The maximum Gasteiger partial charge on any atom is 0.324 e. The predicted molar refractivity (Wildman–Crippen MR) is 106 cm³/mol. The summed E-state index contributed by atoms with van der Waals surface area (Å²) >= 11 is 6.01. The molecule has 0 atom stereocenters. The number of hydrogen-bond donors (Lipinski definition) is 0. The van der Waals surface area contributed by atoms with E-state index in [1.54, 1.807) is 4.31 Å². The number of aromatic nitrogens is 2. The van der Waals surface area contributed by atoms with Gasteiger partial charge >= 0.3 is 6.01 Å². The highest BCUT2D eigenvalue weighted by Crippen LogP contribution is 2.21. The standard InChI is InChI=1S/C18H25ClN4O3S/c1-3-16(4-2)27(24,25)23-10-8-22(9-11-23)18-20-17(21-26-18)13-14-6-5-7-15(19)12-14/h5-7,12,16H,3-4,8-11,13H2,1-2H3. The second-order valence-corrected chi connectivity index (χ2v) is 9.32. The molecule has 0 spiro atoms. The van der Waals surface area contributed by atoms with Gasteiger partial charge in [-0.15, -0.1) is 0 Å². The Morgan fingerprint density at radius 1 is 1.19 bits per heavy atom. The van der Waals surface area contributed by atoms with Gasteiger partial charge in [0.2, 0.25) is 10.0 Å². The van der Waals surface area contributed by atoms with Crippen LogP contribution >= 0.6 is 11.6 Å². The molecule has 1 aliphatic rings. The molecule has 0 radical (unpaired) electrons. The third kappa shape index (κ3) is 4.62. The summed E-state index contributed by atoms with van der Waals surface area (Å²) in [4.78, 5) is 6.39. The maximum absolute atomic E-state index is 12.7. The van der Waals surface area contributed by atoms with Crippen LogP contribution in [0.2, 0.25) is 5.02 Å². The fourth-order valence-corrected chi connectivity index (χ4v) is 5.48. The summed E-state index contributed by atoms with van der Waals surface area (Å²) in [6.45, 7) is 5.79. The predicted octanol–water partition coefficient (Wildman–Crippen LogP) is 2.95. The average molecular weight is 413 g/mol. The number of anilines is 1. The summed E-state index contributed by atoms with van der Waals surface area (Å²) < 4.78 is 32.3. The van der Waals surface area contributed by atoms with E-state index in [0.717, 1.165) is 5.56 Å². The highest BCUT2D eigenvalue weighted by Gasteiger charge is 2.33. The van der Waals surface area contributed by atoms with Crippen molar-refractivity contribution in [2.75, 3.05) is 31.1 Å². The van der Waals surface area contributed by atoms with E-state index < -0.39 is 10.0 Å². The number of halogens is 1. The van der Waals surface area contributed by atoms with Crippen LogP contribution in [0.4, 0.5) is 6.01 Å². The van der Waals surface area contributed by atoms with Crippen LogP contribution in [-0.2, 0) is 16.4 Å². The molecule has 0 aliphatic carbocycles. The zero-order chi connectivity index (χ0) is 19.4. The SMILES string of the molecule is CCC(CC)S(=O)(=O)N1CCN(c2nc(Cc3cccc(Cl)c3)no2)CC1. The van der Waals surface area contributed by atoms with Crippen molar-refractivity contribution in [1.82, 2.24) is 14.4 Å². The number of sulfonamides is 1. The van der Waals surface area contributed by atoms with Crippen LogP contribution in [0.5, 0.6) is 0 Å². The minimum absolute atomic E-state index is 0.309. The average Bonchev–Trinajstić information content (AvgIpc) is 3.11. The van der Waals surface area contributed by atoms with Crippen molar-refractivity contribution in [2.24, 2.45) is 0 Å². The van der Waals surface area contributed by atoms with Crippen LogP contribution in [0.3, 0.4) is 0 Å². The highest BCUT2D eigenvalue weighted by molar-refractivity contribution is 7.89. The van der Waals surface area contributed by atoms with Gasteiger partial charge in [-0.05, 0) is 30.5 Å². The summed E-state index contributed by atoms with van der Waals surface area (Å²) in [5.41, 5.74) is 1.01. The van der Waals surface area contributed by atoms with Crippen LogP contribution < -0.4 is 4.90 Å². The Kier molecular flexibility index (Phi) is 6.39. The first-order valence-corrected chi connectivity index (χ1v) is 11.1.